The molecule has 96 valence electrons. The average Bonchev–Trinajstić information content (AvgIpc) is 2.30. The molecule has 0 aromatic heterocycles. The van der Waals surface area contributed by atoms with E-state index >= 15 is 0 Å². The number of benzene rings is 1. The second kappa shape index (κ2) is 6.00. The zero-order valence-corrected chi connectivity index (χ0v) is 10.9. The smallest absolute Gasteiger partial charge is 0.301 e. The minimum absolute atomic E-state index is 0.0525. The van der Waals surface area contributed by atoms with E-state index in [0.29, 0.717) is 18.8 Å². The molecule has 0 heterocycles. The summed E-state index contributed by atoms with van der Waals surface area (Å²) in [6, 6.07) is 6.62. The van der Waals surface area contributed by atoms with Crippen LogP contribution in [0.2, 0.25) is 0 Å². The Balaban J connectivity index is 2.82. The summed E-state index contributed by atoms with van der Waals surface area (Å²) in [7, 11) is -3.47. The molecule has 0 aliphatic heterocycles. The number of hydrogen-bond donors (Lipinski definition) is 2. The summed E-state index contributed by atoms with van der Waals surface area (Å²) >= 11 is 0. The lowest BCUT2D eigenvalue weighted by Crippen LogP contribution is -2.35. The lowest BCUT2D eigenvalue weighted by Gasteiger charge is -2.19. The number of nitrogens with zero attached hydrogens (tertiary/aromatic N) is 1. The van der Waals surface area contributed by atoms with Gasteiger partial charge in [-0.3, -0.25) is 4.72 Å². The highest BCUT2D eigenvalue weighted by Crippen LogP contribution is 2.13. The van der Waals surface area contributed by atoms with E-state index in [9.17, 15) is 8.42 Å². The van der Waals surface area contributed by atoms with Crippen molar-refractivity contribution < 1.29 is 13.5 Å². The van der Waals surface area contributed by atoms with E-state index in [2.05, 4.69) is 4.72 Å². The van der Waals surface area contributed by atoms with E-state index in [4.69, 9.17) is 5.11 Å². The monoisotopic (exact) mass is 258 g/mol. The number of anilines is 1. The molecule has 0 aliphatic rings. The van der Waals surface area contributed by atoms with E-state index in [1.165, 1.54) is 4.31 Å². The highest BCUT2D eigenvalue weighted by Gasteiger charge is 2.17. The molecule has 0 aliphatic carbocycles. The van der Waals surface area contributed by atoms with Gasteiger partial charge in [-0.2, -0.15) is 12.7 Å². The van der Waals surface area contributed by atoms with Crippen molar-refractivity contribution in [3.05, 3.63) is 29.8 Å². The molecule has 6 heteroatoms. The fourth-order valence-electron chi connectivity index (χ4n) is 1.46. The number of rotatable bonds is 6. The van der Waals surface area contributed by atoms with Crippen LogP contribution in [0, 0.1) is 0 Å². The Morgan fingerprint density at radius 2 is 1.71 bits per heavy atom. The molecule has 0 amide bonds. The minimum atomic E-state index is -3.47. The van der Waals surface area contributed by atoms with Crippen LogP contribution < -0.4 is 4.72 Å². The molecule has 1 aromatic carbocycles. The summed E-state index contributed by atoms with van der Waals surface area (Å²) in [5, 5.41) is 8.88. The van der Waals surface area contributed by atoms with Gasteiger partial charge in [-0.1, -0.05) is 26.0 Å². The standard InChI is InChI=1S/C11H18N2O3S/c1-3-13(4-2)17(15,16)12-11-7-5-10(9-14)6-8-11/h5-8,12,14H,3-4,9H2,1-2H3. The predicted octanol–water partition coefficient (Wildman–Crippen LogP) is 1.18. The molecular formula is C11H18N2O3S. The summed E-state index contributed by atoms with van der Waals surface area (Å²) in [6.45, 7) is 4.39. The first-order valence-electron chi connectivity index (χ1n) is 5.51. The third-order valence-electron chi connectivity index (χ3n) is 2.43. The average molecular weight is 258 g/mol. The van der Waals surface area contributed by atoms with Crippen LogP contribution in [0.15, 0.2) is 24.3 Å². The number of nitrogens with one attached hydrogen (secondary N) is 1. The quantitative estimate of drug-likeness (QED) is 0.805. The van der Waals surface area contributed by atoms with Crippen LogP contribution in [0.25, 0.3) is 0 Å². The third kappa shape index (κ3) is 3.69. The molecule has 2 N–H and O–H groups in total. The van der Waals surface area contributed by atoms with Crippen molar-refractivity contribution in [1.29, 1.82) is 0 Å². The molecule has 1 aromatic rings. The normalized spacial score (nSPS) is 11.8. The Morgan fingerprint density at radius 1 is 1.18 bits per heavy atom. The second-order valence-corrected chi connectivity index (χ2v) is 5.22. The number of aliphatic hydroxyl groups is 1. The van der Waals surface area contributed by atoms with E-state index in [1.807, 2.05) is 0 Å². The molecule has 0 fully saturated rings. The molecular weight excluding hydrogens is 240 g/mol. The molecule has 0 bridgehead atoms. The first-order valence-corrected chi connectivity index (χ1v) is 6.95. The van der Waals surface area contributed by atoms with E-state index < -0.39 is 10.2 Å². The van der Waals surface area contributed by atoms with Gasteiger partial charge in [0.25, 0.3) is 0 Å². The highest BCUT2D eigenvalue weighted by molar-refractivity contribution is 7.90. The maximum absolute atomic E-state index is 11.9. The van der Waals surface area contributed by atoms with Crippen molar-refractivity contribution >= 4 is 15.9 Å². The Morgan fingerprint density at radius 3 is 2.12 bits per heavy atom. The lowest BCUT2D eigenvalue weighted by molar-refractivity contribution is 0.282. The van der Waals surface area contributed by atoms with Crippen molar-refractivity contribution in [2.75, 3.05) is 17.8 Å². The fourth-order valence-corrected chi connectivity index (χ4v) is 2.70. The third-order valence-corrected chi connectivity index (χ3v) is 4.12. The first-order chi connectivity index (χ1) is 8.03. The topological polar surface area (TPSA) is 69.6 Å². The molecule has 0 saturated carbocycles. The van der Waals surface area contributed by atoms with Gasteiger partial charge in [0.05, 0.1) is 6.61 Å². The van der Waals surface area contributed by atoms with Crippen LogP contribution >= 0.6 is 0 Å². The minimum Gasteiger partial charge on any atom is -0.392 e. The van der Waals surface area contributed by atoms with E-state index in [1.54, 1.807) is 38.1 Å². The van der Waals surface area contributed by atoms with Crippen molar-refractivity contribution in [2.24, 2.45) is 0 Å². The zero-order chi connectivity index (χ0) is 12.9. The number of aliphatic hydroxyl groups excluding tert-OH is 1. The molecule has 0 atom stereocenters. The summed E-state index contributed by atoms with van der Waals surface area (Å²) in [4.78, 5) is 0. The summed E-state index contributed by atoms with van der Waals surface area (Å²) in [5.74, 6) is 0. The molecule has 0 unspecified atom stereocenters. The van der Waals surface area contributed by atoms with Gasteiger partial charge in [0, 0.05) is 18.8 Å². The van der Waals surface area contributed by atoms with Crippen LogP contribution in [-0.4, -0.2) is 30.9 Å². The Labute approximate surface area is 102 Å². The summed E-state index contributed by atoms with van der Waals surface area (Å²) < 4.78 is 27.6. The summed E-state index contributed by atoms with van der Waals surface area (Å²) in [5.41, 5.74) is 1.24. The van der Waals surface area contributed by atoms with Crippen molar-refractivity contribution in [3.8, 4) is 0 Å². The van der Waals surface area contributed by atoms with E-state index in [0.717, 1.165) is 5.56 Å². The van der Waals surface area contributed by atoms with Crippen LogP contribution in [0.3, 0.4) is 0 Å². The van der Waals surface area contributed by atoms with Crippen LogP contribution in [0.1, 0.15) is 19.4 Å². The van der Waals surface area contributed by atoms with Gasteiger partial charge in [0.2, 0.25) is 0 Å². The van der Waals surface area contributed by atoms with Gasteiger partial charge in [-0.05, 0) is 17.7 Å². The Bertz CT molecular complexity index is 438. The maximum atomic E-state index is 11.9. The molecule has 0 radical (unpaired) electrons. The molecule has 17 heavy (non-hydrogen) atoms. The van der Waals surface area contributed by atoms with E-state index in [-0.39, 0.29) is 6.61 Å². The highest BCUT2D eigenvalue weighted by atomic mass is 32.2. The second-order valence-electron chi connectivity index (χ2n) is 3.55. The molecule has 1 rings (SSSR count). The van der Waals surface area contributed by atoms with Crippen LogP contribution in [0.5, 0.6) is 0 Å². The molecule has 5 nitrogen and oxygen atoms in total. The van der Waals surface area contributed by atoms with Gasteiger partial charge in [0.1, 0.15) is 0 Å². The molecule has 0 spiro atoms. The Kier molecular flexibility index (Phi) is 4.92. The number of hydrogen-bond acceptors (Lipinski definition) is 3. The SMILES string of the molecule is CCN(CC)S(=O)(=O)Nc1ccc(CO)cc1. The van der Waals surface area contributed by atoms with Gasteiger partial charge in [0.15, 0.2) is 0 Å². The van der Waals surface area contributed by atoms with Crippen molar-refractivity contribution in [1.82, 2.24) is 4.31 Å². The maximum Gasteiger partial charge on any atom is 0.301 e. The van der Waals surface area contributed by atoms with Gasteiger partial charge < -0.3 is 5.11 Å². The van der Waals surface area contributed by atoms with Gasteiger partial charge in [-0.25, -0.2) is 0 Å². The van der Waals surface area contributed by atoms with Crippen LogP contribution in [-0.2, 0) is 16.8 Å². The predicted molar refractivity (Wildman–Crippen MR) is 67.8 cm³/mol. The largest absolute Gasteiger partial charge is 0.392 e. The van der Waals surface area contributed by atoms with Gasteiger partial charge in [-0.15, -0.1) is 0 Å². The molecule has 0 saturated heterocycles. The lowest BCUT2D eigenvalue weighted by atomic mass is 10.2. The fraction of sp³-hybridized carbons (Fsp3) is 0.455. The van der Waals surface area contributed by atoms with Gasteiger partial charge >= 0.3 is 10.2 Å². The van der Waals surface area contributed by atoms with Crippen LogP contribution in [0.4, 0.5) is 5.69 Å². The van der Waals surface area contributed by atoms with Crippen molar-refractivity contribution in [3.63, 3.8) is 0 Å². The zero-order valence-electron chi connectivity index (χ0n) is 10.0. The Hall–Kier alpha value is -1.11. The van der Waals surface area contributed by atoms with Crippen molar-refractivity contribution in [2.45, 2.75) is 20.5 Å². The first kappa shape index (κ1) is 14.0. The summed E-state index contributed by atoms with van der Waals surface area (Å²) in [6.07, 6.45) is 0.